The van der Waals surface area contributed by atoms with Crippen molar-refractivity contribution in [2.75, 3.05) is 37.9 Å². The predicted octanol–water partition coefficient (Wildman–Crippen LogP) is 0.671. The van der Waals surface area contributed by atoms with Crippen molar-refractivity contribution in [2.45, 2.75) is 6.42 Å². The molecule has 116 valence electrons. The number of carbonyl (C=O) groups excluding carboxylic acids is 1. The van der Waals surface area contributed by atoms with Crippen molar-refractivity contribution < 1.29 is 23.8 Å². The van der Waals surface area contributed by atoms with Crippen molar-refractivity contribution in [3.8, 4) is 0 Å². The Morgan fingerprint density at radius 3 is 2.71 bits per heavy atom. The number of aromatic carboxylic acids is 1. The zero-order valence-electron chi connectivity index (χ0n) is 11.6. The minimum atomic E-state index is -1.39. The monoisotopic (exact) mass is 299 g/mol. The van der Waals surface area contributed by atoms with Gasteiger partial charge in [-0.2, -0.15) is 0 Å². The number of methoxy groups -OCH3 is 1. The van der Waals surface area contributed by atoms with Crippen LogP contribution in [0.1, 0.15) is 16.8 Å². The van der Waals surface area contributed by atoms with Gasteiger partial charge in [-0.15, -0.1) is 0 Å². The van der Waals surface area contributed by atoms with E-state index in [9.17, 15) is 14.0 Å². The smallest absolute Gasteiger partial charge is 0.338 e. The van der Waals surface area contributed by atoms with E-state index in [2.05, 4.69) is 10.6 Å². The number of carbonyl (C=O) groups is 2. The molecule has 0 radical (unpaired) electrons. The van der Waals surface area contributed by atoms with Gasteiger partial charge in [0, 0.05) is 26.6 Å². The summed E-state index contributed by atoms with van der Waals surface area (Å²) in [5.74, 6) is -2.45. The third-order valence-electron chi connectivity index (χ3n) is 2.67. The maximum atomic E-state index is 13.5. The lowest BCUT2D eigenvalue weighted by atomic mass is 10.1. The van der Waals surface area contributed by atoms with E-state index < -0.39 is 17.3 Å². The minimum absolute atomic E-state index is 0.105. The molecule has 1 amide bonds. The number of anilines is 2. The molecule has 1 aromatic rings. The molecular weight excluding hydrogens is 281 g/mol. The second-order valence-corrected chi connectivity index (χ2v) is 4.24. The molecule has 0 aromatic heterocycles. The first-order valence-electron chi connectivity index (χ1n) is 6.27. The van der Waals surface area contributed by atoms with Crippen molar-refractivity contribution in [2.24, 2.45) is 0 Å². The molecule has 21 heavy (non-hydrogen) atoms. The number of carboxylic acids is 1. The van der Waals surface area contributed by atoms with E-state index in [4.69, 9.17) is 15.6 Å². The second kappa shape index (κ2) is 8.05. The first-order valence-corrected chi connectivity index (χ1v) is 6.27. The number of hydrogen-bond acceptors (Lipinski definition) is 5. The molecule has 0 aliphatic carbocycles. The van der Waals surface area contributed by atoms with Gasteiger partial charge in [-0.1, -0.05) is 0 Å². The van der Waals surface area contributed by atoms with Crippen LogP contribution in [-0.2, 0) is 9.53 Å². The fraction of sp³-hybridized carbons (Fsp3) is 0.385. The Labute approximate surface area is 121 Å². The van der Waals surface area contributed by atoms with Gasteiger partial charge in [0.15, 0.2) is 0 Å². The maximum absolute atomic E-state index is 13.5. The van der Waals surface area contributed by atoms with Gasteiger partial charge in [0.05, 0.1) is 23.5 Å². The molecule has 0 spiro atoms. The van der Waals surface area contributed by atoms with Crippen LogP contribution in [0.25, 0.3) is 0 Å². The third kappa shape index (κ3) is 5.27. The van der Waals surface area contributed by atoms with Crippen LogP contribution in [0.2, 0.25) is 0 Å². The normalized spacial score (nSPS) is 10.2. The van der Waals surface area contributed by atoms with Gasteiger partial charge in [-0.05, 0) is 12.1 Å². The van der Waals surface area contributed by atoms with Crippen molar-refractivity contribution in [3.63, 3.8) is 0 Å². The van der Waals surface area contributed by atoms with Gasteiger partial charge in [0.2, 0.25) is 5.91 Å². The van der Waals surface area contributed by atoms with E-state index in [1.54, 1.807) is 0 Å². The number of nitrogens with two attached hydrogens (primary N) is 1. The van der Waals surface area contributed by atoms with Crippen molar-refractivity contribution in [3.05, 3.63) is 23.5 Å². The minimum Gasteiger partial charge on any atom is -0.478 e. The molecule has 8 heteroatoms. The lowest BCUT2D eigenvalue weighted by Gasteiger charge is -2.11. The topological polar surface area (TPSA) is 114 Å². The predicted molar refractivity (Wildman–Crippen MR) is 75.8 cm³/mol. The average molecular weight is 299 g/mol. The lowest BCUT2D eigenvalue weighted by Crippen LogP contribution is -2.28. The van der Waals surface area contributed by atoms with Crippen molar-refractivity contribution >= 4 is 23.3 Å². The molecule has 0 fully saturated rings. The summed E-state index contributed by atoms with van der Waals surface area (Å²) in [7, 11) is 1.53. The molecule has 0 atom stereocenters. The highest BCUT2D eigenvalue weighted by Crippen LogP contribution is 2.23. The van der Waals surface area contributed by atoms with Gasteiger partial charge in [0.25, 0.3) is 0 Å². The van der Waals surface area contributed by atoms with Crippen LogP contribution in [0.3, 0.4) is 0 Å². The fourth-order valence-corrected chi connectivity index (χ4v) is 1.60. The van der Waals surface area contributed by atoms with E-state index in [0.29, 0.717) is 13.2 Å². The molecule has 7 nitrogen and oxygen atoms in total. The number of ether oxygens (including phenoxy) is 1. The third-order valence-corrected chi connectivity index (χ3v) is 2.67. The van der Waals surface area contributed by atoms with Crippen molar-refractivity contribution in [1.82, 2.24) is 5.32 Å². The SMILES string of the molecule is COCCNC(=O)CCNc1cc(F)c(C(=O)O)cc1N. The molecule has 0 saturated carbocycles. The van der Waals surface area contributed by atoms with Crippen LogP contribution < -0.4 is 16.4 Å². The Hall–Kier alpha value is -2.35. The fourth-order valence-electron chi connectivity index (χ4n) is 1.60. The maximum Gasteiger partial charge on any atom is 0.338 e. The van der Waals surface area contributed by atoms with Gasteiger partial charge >= 0.3 is 5.97 Å². The van der Waals surface area contributed by atoms with Crippen LogP contribution in [0.4, 0.5) is 15.8 Å². The largest absolute Gasteiger partial charge is 0.478 e. The number of carboxylic acid groups (broad SMARTS) is 1. The molecule has 0 heterocycles. The summed E-state index contributed by atoms with van der Waals surface area (Å²) in [4.78, 5) is 22.1. The Kier molecular flexibility index (Phi) is 6.41. The standard InChI is InChI=1S/C13H18FN3O4/c1-21-5-4-17-12(18)2-3-16-11-7-9(14)8(13(19)20)6-10(11)15/h6-7,16H,2-5,15H2,1H3,(H,17,18)(H,19,20). The highest BCUT2D eigenvalue weighted by atomic mass is 19.1. The number of amides is 1. The Bertz CT molecular complexity index is 522. The van der Waals surface area contributed by atoms with Crippen LogP contribution >= 0.6 is 0 Å². The quantitative estimate of drug-likeness (QED) is 0.414. The number of rotatable bonds is 8. The molecule has 0 saturated heterocycles. The number of nitrogen functional groups attached to an aromatic ring is 1. The van der Waals surface area contributed by atoms with E-state index >= 15 is 0 Å². The first-order chi connectivity index (χ1) is 9.95. The van der Waals surface area contributed by atoms with E-state index in [1.165, 1.54) is 7.11 Å². The van der Waals surface area contributed by atoms with E-state index in [-0.39, 0.29) is 30.2 Å². The molecule has 0 bridgehead atoms. The summed E-state index contributed by atoms with van der Waals surface area (Å²) < 4.78 is 18.3. The highest BCUT2D eigenvalue weighted by molar-refractivity contribution is 5.90. The molecule has 0 aliphatic rings. The van der Waals surface area contributed by atoms with E-state index in [1.807, 2.05) is 0 Å². The molecule has 1 rings (SSSR count). The lowest BCUT2D eigenvalue weighted by molar-refractivity contribution is -0.121. The van der Waals surface area contributed by atoms with Crippen LogP contribution in [0, 0.1) is 5.82 Å². The average Bonchev–Trinajstić information content (AvgIpc) is 2.42. The van der Waals surface area contributed by atoms with Crippen LogP contribution in [0.15, 0.2) is 12.1 Å². The summed E-state index contributed by atoms with van der Waals surface area (Å²) >= 11 is 0. The first kappa shape index (κ1) is 16.7. The summed E-state index contributed by atoms with van der Waals surface area (Å²) in [6, 6.07) is 2.04. The number of halogens is 1. The number of hydrogen-bond donors (Lipinski definition) is 4. The summed E-state index contributed by atoms with van der Waals surface area (Å²) in [6.07, 6.45) is 0.172. The molecule has 0 aliphatic heterocycles. The summed E-state index contributed by atoms with van der Waals surface area (Å²) in [5.41, 5.74) is 5.50. The van der Waals surface area contributed by atoms with Gasteiger partial charge in [-0.3, -0.25) is 4.79 Å². The Morgan fingerprint density at radius 2 is 2.10 bits per heavy atom. The zero-order chi connectivity index (χ0) is 15.8. The van der Waals surface area contributed by atoms with Gasteiger partial charge in [0.1, 0.15) is 5.82 Å². The summed E-state index contributed by atoms with van der Waals surface area (Å²) in [5, 5.41) is 14.2. The van der Waals surface area contributed by atoms with Gasteiger partial charge < -0.3 is 26.2 Å². The summed E-state index contributed by atoms with van der Waals surface area (Å²) in [6.45, 7) is 1.09. The van der Waals surface area contributed by atoms with Crippen LogP contribution in [-0.4, -0.2) is 43.8 Å². The number of nitrogens with one attached hydrogen (secondary N) is 2. The molecule has 1 aromatic carbocycles. The van der Waals surface area contributed by atoms with Crippen molar-refractivity contribution in [1.29, 1.82) is 0 Å². The molecule has 5 N–H and O–H groups in total. The van der Waals surface area contributed by atoms with E-state index in [0.717, 1.165) is 12.1 Å². The van der Waals surface area contributed by atoms with Crippen LogP contribution in [0.5, 0.6) is 0 Å². The van der Waals surface area contributed by atoms with Gasteiger partial charge in [-0.25, -0.2) is 9.18 Å². The second-order valence-electron chi connectivity index (χ2n) is 4.24. The highest BCUT2D eigenvalue weighted by Gasteiger charge is 2.13. The molecular formula is C13H18FN3O4. The zero-order valence-corrected chi connectivity index (χ0v) is 11.6. The Morgan fingerprint density at radius 1 is 1.38 bits per heavy atom. The Balaban J connectivity index is 2.51. The number of benzene rings is 1. The molecule has 0 unspecified atom stereocenters.